The number of anilines is 1. The molecular formula is C9H16N4OS. The monoisotopic (exact) mass is 228 g/mol. The first-order valence-electron chi connectivity index (χ1n) is 4.75. The van der Waals surface area contributed by atoms with Crippen molar-refractivity contribution in [1.82, 2.24) is 9.97 Å². The lowest BCUT2D eigenvalue weighted by atomic mass is 10.3. The summed E-state index contributed by atoms with van der Waals surface area (Å²) < 4.78 is 0. The van der Waals surface area contributed by atoms with Gasteiger partial charge < -0.3 is 5.11 Å². The lowest BCUT2D eigenvalue weighted by Crippen LogP contribution is -2.11. The number of nitrogen functional groups attached to an aromatic ring is 1. The number of hydrazine groups is 1. The molecule has 0 radical (unpaired) electrons. The summed E-state index contributed by atoms with van der Waals surface area (Å²) in [7, 11) is 0. The molecule has 0 aliphatic carbocycles. The molecule has 0 amide bonds. The van der Waals surface area contributed by atoms with Gasteiger partial charge in [0.1, 0.15) is 5.03 Å². The number of nitrogens with one attached hydrogen (secondary N) is 1. The first kappa shape index (κ1) is 12.2. The van der Waals surface area contributed by atoms with Crippen LogP contribution in [0.15, 0.2) is 11.1 Å². The van der Waals surface area contributed by atoms with E-state index in [1.807, 2.05) is 19.9 Å². The van der Waals surface area contributed by atoms with Gasteiger partial charge in [-0.1, -0.05) is 6.92 Å². The third kappa shape index (κ3) is 4.03. The van der Waals surface area contributed by atoms with Crippen LogP contribution in [0.3, 0.4) is 0 Å². The van der Waals surface area contributed by atoms with Crippen molar-refractivity contribution < 1.29 is 5.11 Å². The summed E-state index contributed by atoms with van der Waals surface area (Å²) in [5.41, 5.74) is 3.30. The van der Waals surface area contributed by atoms with Crippen molar-refractivity contribution in [2.75, 3.05) is 12.0 Å². The Morgan fingerprint density at radius 3 is 2.93 bits per heavy atom. The molecule has 1 aromatic heterocycles. The zero-order chi connectivity index (χ0) is 11.3. The highest BCUT2D eigenvalue weighted by Gasteiger charge is 2.07. The fourth-order valence-corrected chi connectivity index (χ4v) is 2.12. The zero-order valence-corrected chi connectivity index (χ0v) is 9.71. The molecule has 0 spiro atoms. The fraction of sp³-hybridized carbons (Fsp3) is 0.556. The van der Waals surface area contributed by atoms with Gasteiger partial charge in [0.05, 0.1) is 0 Å². The molecule has 0 saturated carbocycles. The quantitative estimate of drug-likeness (QED) is 0.301. The Bertz CT molecular complexity index is 321. The number of aliphatic hydroxyl groups is 1. The first-order chi connectivity index (χ1) is 7.15. The van der Waals surface area contributed by atoms with E-state index >= 15 is 0 Å². The molecule has 0 aliphatic rings. The molecule has 0 aliphatic heterocycles. The maximum Gasteiger partial charge on any atom is 0.238 e. The predicted octanol–water partition coefficient (Wildman–Crippen LogP) is 0.934. The number of thioether (sulfide) groups is 1. The Labute approximate surface area is 93.5 Å². The molecule has 4 N–H and O–H groups in total. The maximum absolute atomic E-state index is 8.79. The van der Waals surface area contributed by atoms with Crippen LogP contribution in [0.25, 0.3) is 0 Å². The largest absolute Gasteiger partial charge is 0.396 e. The molecule has 1 aromatic rings. The summed E-state index contributed by atoms with van der Waals surface area (Å²) in [4.78, 5) is 8.30. The molecule has 1 atom stereocenters. The minimum absolute atomic E-state index is 0.195. The molecule has 0 fully saturated rings. The van der Waals surface area contributed by atoms with Gasteiger partial charge in [-0.15, -0.1) is 11.8 Å². The average Bonchev–Trinajstić information content (AvgIpc) is 2.17. The van der Waals surface area contributed by atoms with Gasteiger partial charge in [-0.05, 0) is 19.4 Å². The number of hydrogen-bond acceptors (Lipinski definition) is 6. The summed E-state index contributed by atoms with van der Waals surface area (Å²) >= 11 is 1.61. The van der Waals surface area contributed by atoms with Crippen molar-refractivity contribution >= 4 is 17.7 Å². The van der Waals surface area contributed by atoms with Crippen LogP contribution >= 0.6 is 11.8 Å². The van der Waals surface area contributed by atoms with Gasteiger partial charge in [0.2, 0.25) is 5.95 Å². The van der Waals surface area contributed by atoms with Crippen molar-refractivity contribution in [3.63, 3.8) is 0 Å². The van der Waals surface area contributed by atoms with Crippen LogP contribution in [0.1, 0.15) is 19.0 Å². The molecule has 1 unspecified atom stereocenters. The summed E-state index contributed by atoms with van der Waals surface area (Å²) in [6, 6.07) is 1.90. The molecular weight excluding hydrogens is 212 g/mol. The number of nitrogens with zero attached hydrogens (tertiary/aromatic N) is 2. The summed E-state index contributed by atoms with van der Waals surface area (Å²) in [6.07, 6.45) is 0.749. The Morgan fingerprint density at radius 2 is 2.33 bits per heavy atom. The lowest BCUT2D eigenvalue weighted by Gasteiger charge is -2.09. The van der Waals surface area contributed by atoms with Crippen LogP contribution in [0.5, 0.6) is 0 Å². The maximum atomic E-state index is 8.79. The Balaban J connectivity index is 2.71. The van der Waals surface area contributed by atoms with Gasteiger partial charge >= 0.3 is 0 Å². The molecule has 1 heterocycles. The number of aliphatic hydroxyl groups excluding tert-OH is 1. The summed E-state index contributed by atoms with van der Waals surface area (Å²) in [5, 5.41) is 9.99. The molecule has 84 valence electrons. The number of rotatable bonds is 5. The third-order valence-electron chi connectivity index (χ3n) is 1.82. The molecule has 1 rings (SSSR count). The van der Waals surface area contributed by atoms with E-state index in [-0.39, 0.29) is 6.61 Å². The standard InChI is InChI=1S/C9H16N4OS/c1-6-5-8(12-9(11-6)13-10)15-7(2)3-4-14/h5,7,14H,3-4,10H2,1-2H3,(H,11,12,13). The van der Waals surface area contributed by atoms with Crippen molar-refractivity contribution in [1.29, 1.82) is 0 Å². The molecule has 0 aromatic carbocycles. The second kappa shape index (κ2) is 5.89. The summed E-state index contributed by atoms with van der Waals surface area (Å²) in [6.45, 7) is 4.14. The normalized spacial score (nSPS) is 12.5. The molecule has 0 saturated heterocycles. The highest BCUT2D eigenvalue weighted by molar-refractivity contribution is 7.99. The number of hydrogen-bond donors (Lipinski definition) is 3. The van der Waals surface area contributed by atoms with E-state index in [1.165, 1.54) is 0 Å². The highest BCUT2D eigenvalue weighted by Crippen LogP contribution is 2.24. The molecule has 15 heavy (non-hydrogen) atoms. The lowest BCUT2D eigenvalue weighted by molar-refractivity contribution is 0.289. The topological polar surface area (TPSA) is 84.1 Å². The van der Waals surface area contributed by atoms with Gasteiger partial charge in [0, 0.05) is 17.6 Å². The van der Waals surface area contributed by atoms with Crippen LogP contribution in [0.4, 0.5) is 5.95 Å². The molecule has 0 bridgehead atoms. The van der Waals surface area contributed by atoms with E-state index in [9.17, 15) is 0 Å². The van der Waals surface area contributed by atoms with E-state index in [0.717, 1.165) is 17.1 Å². The van der Waals surface area contributed by atoms with E-state index in [2.05, 4.69) is 15.4 Å². The van der Waals surface area contributed by atoms with E-state index in [0.29, 0.717) is 11.2 Å². The Kier molecular flexibility index (Phi) is 4.80. The first-order valence-corrected chi connectivity index (χ1v) is 5.63. The number of aryl methyl sites for hydroxylation is 1. The van der Waals surface area contributed by atoms with Gasteiger partial charge in [-0.3, -0.25) is 5.43 Å². The minimum Gasteiger partial charge on any atom is -0.396 e. The van der Waals surface area contributed by atoms with Crippen LogP contribution in [-0.2, 0) is 0 Å². The van der Waals surface area contributed by atoms with Crippen LogP contribution in [-0.4, -0.2) is 26.9 Å². The predicted molar refractivity (Wildman–Crippen MR) is 61.6 cm³/mol. The van der Waals surface area contributed by atoms with Crippen molar-refractivity contribution in [3.8, 4) is 0 Å². The smallest absolute Gasteiger partial charge is 0.238 e. The zero-order valence-electron chi connectivity index (χ0n) is 8.90. The SMILES string of the molecule is Cc1cc(SC(C)CCO)nc(NN)n1. The van der Waals surface area contributed by atoms with Crippen molar-refractivity contribution in [2.45, 2.75) is 30.5 Å². The Hall–Kier alpha value is -0.850. The summed E-state index contributed by atoms with van der Waals surface area (Å²) in [5.74, 6) is 5.68. The van der Waals surface area contributed by atoms with E-state index < -0.39 is 0 Å². The van der Waals surface area contributed by atoms with E-state index in [4.69, 9.17) is 10.9 Å². The van der Waals surface area contributed by atoms with Crippen LogP contribution in [0.2, 0.25) is 0 Å². The number of aromatic nitrogens is 2. The van der Waals surface area contributed by atoms with Crippen molar-refractivity contribution in [2.24, 2.45) is 5.84 Å². The second-order valence-electron chi connectivity index (χ2n) is 3.26. The highest BCUT2D eigenvalue weighted by atomic mass is 32.2. The van der Waals surface area contributed by atoms with Gasteiger partial charge in [-0.25, -0.2) is 15.8 Å². The fourth-order valence-electron chi connectivity index (χ4n) is 1.11. The van der Waals surface area contributed by atoms with E-state index in [1.54, 1.807) is 11.8 Å². The minimum atomic E-state index is 0.195. The Morgan fingerprint density at radius 1 is 1.60 bits per heavy atom. The van der Waals surface area contributed by atoms with Gasteiger partial charge in [0.15, 0.2) is 0 Å². The van der Waals surface area contributed by atoms with Gasteiger partial charge in [-0.2, -0.15) is 0 Å². The average molecular weight is 228 g/mol. The number of nitrogens with two attached hydrogens (primary N) is 1. The second-order valence-corrected chi connectivity index (χ2v) is 4.71. The van der Waals surface area contributed by atoms with Gasteiger partial charge in [0.25, 0.3) is 0 Å². The third-order valence-corrected chi connectivity index (χ3v) is 2.91. The van der Waals surface area contributed by atoms with Crippen LogP contribution in [0, 0.1) is 6.92 Å². The molecule has 5 nitrogen and oxygen atoms in total. The molecule has 6 heteroatoms. The van der Waals surface area contributed by atoms with Crippen molar-refractivity contribution in [3.05, 3.63) is 11.8 Å². The van der Waals surface area contributed by atoms with Crippen LogP contribution < -0.4 is 11.3 Å².